The molecule has 1 saturated heterocycles. The third-order valence-electron chi connectivity index (χ3n) is 3.54. The second-order valence-electron chi connectivity index (χ2n) is 4.97. The fourth-order valence-electron chi connectivity index (χ4n) is 2.41. The number of nitrogens with zero attached hydrogens (tertiary/aromatic N) is 1. The minimum absolute atomic E-state index is 0.0849. The van der Waals surface area contributed by atoms with Crippen LogP contribution in [-0.2, 0) is 6.42 Å². The van der Waals surface area contributed by atoms with E-state index >= 15 is 0 Å². The van der Waals surface area contributed by atoms with E-state index in [-0.39, 0.29) is 5.56 Å². The molecule has 1 aromatic rings. The quantitative estimate of drug-likeness (QED) is 0.749. The van der Waals surface area contributed by atoms with E-state index in [1.54, 1.807) is 0 Å². The summed E-state index contributed by atoms with van der Waals surface area (Å²) >= 11 is 0. The third kappa shape index (κ3) is 3.32. The van der Waals surface area contributed by atoms with Crippen molar-refractivity contribution in [2.75, 3.05) is 18.4 Å². The van der Waals surface area contributed by atoms with Crippen LogP contribution in [-0.4, -0.2) is 29.1 Å². The van der Waals surface area contributed by atoms with Crippen molar-refractivity contribution < 1.29 is 0 Å². The van der Waals surface area contributed by atoms with Gasteiger partial charge in [-0.25, -0.2) is 4.98 Å². The Labute approximate surface area is 107 Å². The molecule has 0 bridgehead atoms. The molecule has 18 heavy (non-hydrogen) atoms. The van der Waals surface area contributed by atoms with Crippen LogP contribution in [0, 0.1) is 5.92 Å². The fourth-order valence-corrected chi connectivity index (χ4v) is 2.41. The molecule has 0 amide bonds. The second kappa shape index (κ2) is 6.00. The molecule has 2 rings (SSSR count). The summed E-state index contributed by atoms with van der Waals surface area (Å²) in [5.74, 6) is 2.03. The largest absolute Gasteiger partial charge is 0.367 e. The fraction of sp³-hybridized carbons (Fsp3) is 0.692. The predicted molar refractivity (Wildman–Crippen MR) is 72.9 cm³/mol. The third-order valence-corrected chi connectivity index (χ3v) is 3.54. The van der Waals surface area contributed by atoms with Gasteiger partial charge in [-0.05, 0) is 38.8 Å². The van der Waals surface area contributed by atoms with Crippen molar-refractivity contribution in [1.82, 2.24) is 15.3 Å². The van der Waals surface area contributed by atoms with Gasteiger partial charge in [-0.1, -0.05) is 6.92 Å². The normalized spacial score (nSPS) is 21.6. The second-order valence-corrected chi connectivity index (χ2v) is 4.97. The number of nitrogens with one attached hydrogen (secondary N) is 3. The molecule has 0 spiro atoms. The van der Waals surface area contributed by atoms with Gasteiger partial charge in [0.1, 0.15) is 11.6 Å². The molecule has 0 radical (unpaired) electrons. The first kappa shape index (κ1) is 13.1. The topological polar surface area (TPSA) is 69.8 Å². The molecule has 1 fully saturated rings. The van der Waals surface area contributed by atoms with E-state index in [4.69, 9.17) is 0 Å². The molecule has 5 heteroatoms. The van der Waals surface area contributed by atoms with E-state index in [2.05, 4.69) is 27.5 Å². The zero-order chi connectivity index (χ0) is 13.0. The molecule has 1 aliphatic heterocycles. The zero-order valence-corrected chi connectivity index (χ0v) is 11.1. The maximum absolute atomic E-state index is 11.5. The Balaban J connectivity index is 2.03. The van der Waals surface area contributed by atoms with Crippen LogP contribution in [0.5, 0.6) is 0 Å². The van der Waals surface area contributed by atoms with Crippen molar-refractivity contribution in [3.05, 3.63) is 22.2 Å². The minimum Gasteiger partial charge on any atom is -0.367 e. The lowest BCUT2D eigenvalue weighted by molar-refractivity contribution is 0.346. The van der Waals surface area contributed by atoms with Gasteiger partial charge >= 0.3 is 0 Å². The Bertz CT molecular complexity index is 437. The first-order chi connectivity index (χ1) is 8.69. The first-order valence-corrected chi connectivity index (χ1v) is 6.76. The van der Waals surface area contributed by atoms with Crippen LogP contribution in [0.2, 0.25) is 0 Å². The molecule has 2 heterocycles. The predicted octanol–water partition coefficient (Wildman–Crippen LogP) is 1.13. The van der Waals surface area contributed by atoms with Crippen molar-refractivity contribution >= 4 is 5.82 Å². The Morgan fingerprint density at radius 2 is 2.44 bits per heavy atom. The first-order valence-electron chi connectivity index (χ1n) is 6.76. The number of rotatable bonds is 4. The highest BCUT2D eigenvalue weighted by Crippen LogP contribution is 2.17. The maximum Gasteiger partial charge on any atom is 0.252 e. The van der Waals surface area contributed by atoms with Gasteiger partial charge in [0.25, 0.3) is 5.56 Å². The summed E-state index contributed by atoms with van der Waals surface area (Å²) in [5.41, 5.74) is -0.0849. The van der Waals surface area contributed by atoms with Crippen molar-refractivity contribution in [2.24, 2.45) is 5.92 Å². The maximum atomic E-state index is 11.5. The van der Waals surface area contributed by atoms with Crippen molar-refractivity contribution in [2.45, 2.75) is 39.2 Å². The molecule has 100 valence electrons. The molecule has 0 saturated carbocycles. The van der Waals surface area contributed by atoms with E-state index in [9.17, 15) is 4.79 Å². The van der Waals surface area contributed by atoms with Crippen LogP contribution in [0.1, 0.15) is 32.5 Å². The number of anilines is 1. The van der Waals surface area contributed by atoms with Crippen LogP contribution in [0.3, 0.4) is 0 Å². The van der Waals surface area contributed by atoms with Gasteiger partial charge in [-0.15, -0.1) is 0 Å². The number of piperidine rings is 1. The van der Waals surface area contributed by atoms with Crippen molar-refractivity contribution in [3.63, 3.8) is 0 Å². The number of H-pyrrole nitrogens is 1. The van der Waals surface area contributed by atoms with Crippen molar-refractivity contribution in [1.29, 1.82) is 0 Å². The van der Waals surface area contributed by atoms with Gasteiger partial charge in [0.2, 0.25) is 0 Å². The summed E-state index contributed by atoms with van der Waals surface area (Å²) < 4.78 is 0. The number of aryl methyl sites for hydroxylation is 1. The highest BCUT2D eigenvalue weighted by Gasteiger charge is 2.20. The van der Waals surface area contributed by atoms with Gasteiger partial charge in [-0.3, -0.25) is 4.79 Å². The van der Waals surface area contributed by atoms with E-state index in [0.29, 0.717) is 17.8 Å². The van der Waals surface area contributed by atoms with Gasteiger partial charge < -0.3 is 15.6 Å². The van der Waals surface area contributed by atoms with Crippen LogP contribution in [0.25, 0.3) is 0 Å². The average Bonchev–Trinajstić information content (AvgIpc) is 2.39. The lowest BCUT2D eigenvalue weighted by Gasteiger charge is -2.29. The Morgan fingerprint density at radius 1 is 1.61 bits per heavy atom. The number of hydrogen-bond acceptors (Lipinski definition) is 4. The number of aromatic amines is 1. The molecular formula is C13H22N4O. The molecule has 2 atom stereocenters. The van der Waals surface area contributed by atoms with E-state index < -0.39 is 0 Å². The van der Waals surface area contributed by atoms with Gasteiger partial charge in [-0.2, -0.15) is 0 Å². The molecule has 0 aromatic carbocycles. The van der Waals surface area contributed by atoms with E-state index in [1.807, 2.05) is 6.92 Å². The van der Waals surface area contributed by atoms with E-state index in [1.165, 1.54) is 18.9 Å². The van der Waals surface area contributed by atoms with Gasteiger partial charge in [0, 0.05) is 18.5 Å². The standard InChI is InChI=1S/C13H22N4O/c1-3-11-16-12(7-13(18)17-11)15-9(2)10-5-4-6-14-8-10/h7,9-10,14H,3-6,8H2,1-2H3,(H2,15,16,17,18). The van der Waals surface area contributed by atoms with E-state index in [0.717, 1.165) is 25.3 Å². The lowest BCUT2D eigenvalue weighted by Crippen LogP contribution is -2.39. The highest BCUT2D eigenvalue weighted by atomic mass is 16.1. The van der Waals surface area contributed by atoms with Crippen molar-refractivity contribution in [3.8, 4) is 0 Å². The molecule has 2 unspecified atom stereocenters. The van der Waals surface area contributed by atoms with Gasteiger partial charge in [0.15, 0.2) is 0 Å². The minimum atomic E-state index is -0.0849. The molecule has 0 aliphatic carbocycles. The van der Waals surface area contributed by atoms with Crippen LogP contribution in [0.4, 0.5) is 5.82 Å². The van der Waals surface area contributed by atoms with Crippen LogP contribution in [0.15, 0.2) is 10.9 Å². The monoisotopic (exact) mass is 250 g/mol. The highest BCUT2D eigenvalue weighted by molar-refractivity contribution is 5.34. The summed E-state index contributed by atoms with van der Waals surface area (Å²) in [6.07, 6.45) is 3.19. The molecule has 3 N–H and O–H groups in total. The summed E-state index contributed by atoms with van der Waals surface area (Å²) in [6, 6.07) is 1.86. The lowest BCUT2D eigenvalue weighted by atomic mass is 9.93. The molecule has 1 aliphatic rings. The Hall–Kier alpha value is -1.36. The van der Waals surface area contributed by atoms with Crippen LogP contribution < -0.4 is 16.2 Å². The molecule has 1 aromatic heterocycles. The SMILES string of the molecule is CCc1nc(NC(C)C2CCCNC2)cc(=O)[nH]1. The molecular weight excluding hydrogens is 228 g/mol. The smallest absolute Gasteiger partial charge is 0.252 e. The Kier molecular flexibility index (Phi) is 4.36. The Morgan fingerprint density at radius 3 is 3.11 bits per heavy atom. The summed E-state index contributed by atoms with van der Waals surface area (Å²) in [4.78, 5) is 18.6. The number of aromatic nitrogens is 2. The zero-order valence-electron chi connectivity index (χ0n) is 11.1. The average molecular weight is 250 g/mol. The summed E-state index contributed by atoms with van der Waals surface area (Å²) in [5, 5.41) is 6.76. The number of hydrogen-bond donors (Lipinski definition) is 3. The van der Waals surface area contributed by atoms with Crippen LogP contribution >= 0.6 is 0 Å². The summed E-state index contributed by atoms with van der Waals surface area (Å²) in [7, 11) is 0. The van der Waals surface area contributed by atoms with Gasteiger partial charge in [0.05, 0.1) is 0 Å². The summed E-state index contributed by atoms with van der Waals surface area (Å²) in [6.45, 7) is 6.30. The molecule has 5 nitrogen and oxygen atoms in total.